The maximum Gasteiger partial charge on any atom is 0.416 e. The van der Waals surface area contributed by atoms with Crippen molar-refractivity contribution >= 4 is 34.6 Å². The highest BCUT2D eigenvalue weighted by Gasteiger charge is 2.32. The first-order valence-corrected chi connectivity index (χ1v) is 7.02. The Bertz CT molecular complexity index is 844. The number of nitrogens with zero attached hydrogens (tertiary/aromatic N) is 1. The summed E-state index contributed by atoms with van der Waals surface area (Å²) < 4.78 is 38.4. The quantitative estimate of drug-likeness (QED) is 0.801. The normalized spacial score (nSPS) is 15.7. The third kappa shape index (κ3) is 2.82. The Hall–Kier alpha value is -2.34. The lowest BCUT2D eigenvalue weighted by Gasteiger charge is -2.08. The standard InChI is InChI=1S/C16H10ClF3N2O/c1-8-3-2-4-10-13(8)22-15(23)14(10)21-12-7-9(16(18,19)20)5-6-11(12)17/h2-7H,1H3,(H,21,22,23). The monoisotopic (exact) mass is 338 g/mol. The van der Waals surface area contributed by atoms with Crippen molar-refractivity contribution in [2.45, 2.75) is 13.1 Å². The van der Waals surface area contributed by atoms with E-state index < -0.39 is 17.6 Å². The van der Waals surface area contributed by atoms with Gasteiger partial charge in [-0.3, -0.25) is 4.79 Å². The number of para-hydroxylation sites is 1. The molecule has 2 aromatic carbocycles. The number of carbonyl (C=O) groups is 1. The van der Waals surface area contributed by atoms with Gasteiger partial charge < -0.3 is 5.32 Å². The van der Waals surface area contributed by atoms with Crippen LogP contribution in [0.25, 0.3) is 0 Å². The van der Waals surface area contributed by atoms with Crippen LogP contribution in [0, 0.1) is 6.92 Å². The largest absolute Gasteiger partial charge is 0.416 e. The SMILES string of the molecule is Cc1cccc2c1NC(=O)C2=Nc1cc(C(F)(F)F)ccc1Cl. The number of alkyl halides is 3. The Morgan fingerprint density at radius 3 is 2.61 bits per heavy atom. The van der Waals surface area contributed by atoms with E-state index in [1.807, 2.05) is 13.0 Å². The van der Waals surface area contributed by atoms with Gasteiger partial charge >= 0.3 is 6.18 Å². The third-order valence-electron chi connectivity index (χ3n) is 3.49. The summed E-state index contributed by atoms with van der Waals surface area (Å²) in [6.45, 7) is 1.82. The van der Waals surface area contributed by atoms with E-state index in [2.05, 4.69) is 10.3 Å². The highest BCUT2D eigenvalue weighted by atomic mass is 35.5. The Kier molecular flexibility index (Phi) is 3.64. The molecule has 0 spiro atoms. The van der Waals surface area contributed by atoms with Gasteiger partial charge in [-0.05, 0) is 30.7 Å². The van der Waals surface area contributed by atoms with Crippen LogP contribution in [0.4, 0.5) is 24.5 Å². The van der Waals surface area contributed by atoms with Gasteiger partial charge in [0.1, 0.15) is 5.71 Å². The van der Waals surface area contributed by atoms with Crippen molar-refractivity contribution in [1.29, 1.82) is 0 Å². The van der Waals surface area contributed by atoms with Gasteiger partial charge in [0, 0.05) is 5.56 Å². The molecule has 0 atom stereocenters. The second kappa shape index (κ2) is 5.38. The van der Waals surface area contributed by atoms with Crippen LogP contribution in [0.15, 0.2) is 41.4 Å². The average molecular weight is 339 g/mol. The number of benzene rings is 2. The van der Waals surface area contributed by atoms with Crippen LogP contribution in [-0.2, 0) is 11.0 Å². The van der Waals surface area contributed by atoms with E-state index in [0.29, 0.717) is 11.3 Å². The molecule has 1 amide bonds. The van der Waals surface area contributed by atoms with Gasteiger partial charge in [0.25, 0.3) is 5.91 Å². The summed E-state index contributed by atoms with van der Waals surface area (Å²) in [5.74, 6) is -0.470. The van der Waals surface area contributed by atoms with Crippen molar-refractivity contribution in [2.75, 3.05) is 5.32 Å². The van der Waals surface area contributed by atoms with E-state index in [4.69, 9.17) is 11.6 Å². The molecular formula is C16H10ClF3N2O. The molecule has 0 saturated heterocycles. The fourth-order valence-electron chi connectivity index (χ4n) is 2.33. The first kappa shape index (κ1) is 15.6. The van der Waals surface area contributed by atoms with Gasteiger partial charge in [0.2, 0.25) is 0 Å². The van der Waals surface area contributed by atoms with Crippen LogP contribution in [0.3, 0.4) is 0 Å². The van der Waals surface area contributed by atoms with Crippen molar-refractivity contribution in [1.82, 2.24) is 0 Å². The smallest absolute Gasteiger partial charge is 0.320 e. The molecule has 1 aliphatic rings. The summed E-state index contributed by atoms with van der Waals surface area (Å²) in [7, 11) is 0. The number of carbonyl (C=O) groups excluding carboxylic acids is 1. The molecule has 2 aromatic rings. The molecule has 1 N–H and O–H groups in total. The molecule has 0 saturated carbocycles. The van der Waals surface area contributed by atoms with Crippen molar-refractivity contribution in [2.24, 2.45) is 4.99 Å². The van der Waals surface area contributed by atoms with Crippen LogP contribution < -0.4 is 5.32 Å². The lowest BCUT2D eigenvalue weighted by Crippen LogP contribution is -2.14. The van der Waals surface area contributed by atoms with E-state index >= 15 is 0 Å². The Balaban J connectivity index is 2.13. The molecular weight excluding hydrogens is 329 g/mol. The van der Waals surface area contributed by atoms with Crippen molar-refractivity contribution in [3.05, 3.63) is 58.1 Å². The number of aryl methyl sites for hydroxylation is 1. The van der Waals surface area contributed by atoms with Crippen molar-refractivity contribution in [3.63, 3.8) is 0 Å². The van der Waals surface area contributed by atoms with E-state index in [1.54, 1.807) is 12.1 Å². The van der Waals surface area contributed by atoms with Crippen LogP contribution >= 0.6 is 11.6 Å². The molecule has 0 aromatic heterocycles. The van der Waals surface area contributed by atoms with Gasteiger partial charge in [0.05, 0.1) is 22.0 Å². The molecule has 0 aliphatic carbocycles. The summed E-state index contributed by atoms with van der Waals surface area (Å²) >= 11 is 5.92. The number of anilines is 1. The third-order valence-corrected chi connectivity index (χ3v) is 3.81. The molecule has 3 nitrogen and oxygen atoms in total. The Labute approximate surface area is 134 Å². The number of halogens is 4. The second-order valence-electron chi connectivity index (χ2n) is 5.08. The maximum atomic E-state index is 12.8. The van der Waals surface area contributed by atoms with Gasteiger partial charge in [0.15, 0.2) is 0 Å². The molecule has 1 heterocycles. The van der Waals surface area contributed by atoms with E-state index in [9.17, 15) is 18.0 Å². The zero-order chi connectivity index (χ0) is 16.8. The number of hydrogen-bond donors (Lipinski definition) is 1. The molecule has 23 heavy (non-hydrogen) atoms. The zero-order valence-corrected chi connectivity index (χ0v) is 12.6. The number of rotatable bonds is 1. The highest BCUT2D eigenvalue weighted by molar-refractivity contribution is 6.54. The minimum atomic E-state index is -4.51. The number of amides is 1. The van der Waals surface area contributed by atoms with Gasteiger partial charge in [-0.2, -0.15) is 13.2 Å². The van der Waals surface area contributed by atoms with Gasteiger partial charge in [-0.15, -0.1) is 0 Å². The number of aliphatic imine (C=N–C) groups is 1. The predicted octanol–water partition coefficient (Wildman–Crippen LogP) is 4.74. The fraction of sp³-hybridized carbons (Fsp3) is 0.125. The molecule has 0 bridgehead atoms. The average Bonchev–Trinajstić information content (AvgIpc) is 2.78. The number of hydrogen-bond acceptors (Lipinski definition) is 2. The van der Waals surface area contributed by atoms with Crippen LogP contribution in [-0.4, -0.2) is 11.6 Å². The fourth-order valence-corrected chi connectivity index (χ4v) is 2.49. The van der Waals surface area contributed by atoms with E-state index in [1.165, 1.54) is 0 Å². The van der Waals surface area contributed by atoms with Gasteiger partial charge in [-0.25, -0.2) is 4.99 Å². The Morgan fingerprint density at radius 2 is 1.91 bits per heavy atom. The first-order valence-electron chi connectivity index (χ1n) is 6.64. The summed E-state index contributed by atoms with van der Waals surface area (Å²) in [6.07, 6.45) is -4.51. The number of nitrogens with one attached hydrogen (secondary N) is 1. The van der Waals surface area contributed by atoms with Crippen LogP contribution in [0.1, 0.15) is 16.7 Å². The minimum absolute atomic E-state index is 0.0411. The molecule has 118 valence electrons. The lowest BCUT2D eigenvalue weighted by molar-refractivity contribution is -0.137. The minimum Gasteiger partial charge on any atom is -0.320 e. The molecule has 0 unspecified atom stereocenters. The van der Waals surface area contributed by atoms with Crippen LogP contribution in [0.5, 0.6) is 0 Å². The second-order valence-corrected chi connectivity index (χ2v) is 5.48. The highest BCUT2D eigenvalue weighted by Crippen LogP contribution is 2.36. The van der Waals surface area contributed by atoms with E-state index in [-0.39, 0.29) is 16.4 Å². The molecule has 7 heteroatoms. The topological polar surface area (TPSA) is 41.5 Å². The first-order chi connectivity index (χ1) is 10.8. The van der Waals surface area contributed by atoms with Crippen molar-refractivity contribution in [3.8, 4) is 0 Å². The summed E-state index contributed by atoms with van der Waals surface area (Å²) in [6, 6.07) is 8.07. The van der Waals surface area contributed by atoms with Gasteiger partial charge in [-0.1, -0.05) is 29.8 Å². The maximum absolute atomic E-state index is 12.8. The number of fused-ring (bicyclic) bond motifs is 1. The Morgan fingerprint density at radius 1 is 1.17 bits per heavy atom. The lowest BCUT2D eigenvalue weighted by atomic mass is 10.1. The summed E-state index contributed by atoms with van der Waals surface area (Å²) in [5.41, 5.74) is 1.08. The molecule has 1 aliphatic heterocycles. The molecule has 0 radical (unpaired) electrons. The summed E-state index contributed by atoms with van der Waals surface area (Å²) in [5, 5.41) is 2.71. The summed E-state index contributed by atoms with van der Waals surface area (Å²) in [4.78, 5) is 16.1. The zero-order valence-electron chi connectivity index (χ0n) is 11.8. The molecule has 3 rings (SSSR count). The van der Waals surface area contributed by atoms with Crippen LogP contribution in [0.2, 0.25) is 5.02 Å². The van der Waals surface area contributed by atoms with E-state index in [0.717, 1.165) is 23.8 Å². The predicted molar refractivity (Wildman–Crippen MR) is 82.5 cm³/mol. The molecule has 0 fully saturated rings. The van der Waals surface area contributed by atoms with Crippen molar-refractivity contribution < 1.29 is 18.0 Å².